The first-order valence-corrected chi connectivity index (χ1v) is 6.27. The average molecular weight is 231 g/mol. The normalized spacial score (nSPS) is 13.7. The molecule has 0 aliphatic carbocycles. The van der Waals surface area contributed by atoms with Gasteiger partial charge in [0.15, 0.2) is 0 Å². The van der Waals surface area contributed by atoms with E-state index < -0.39 is 0 Å². The van der Waals surface area contributed by atoms with Crippen LogP contribution in [0.15, 0.2) is 0 Å². The highest BCUT2D eigenvalue weighted by molar-refractivity contribution is 4.70. The van der Waals surface area contributed by atoms with E-state index >= 15 is 0 Å². The Kier molecular flexibility index (Phi) is 9.92. The fraction of sp³-hybridized carbons (Fsp3) is 1.00. The predicted octanol–water partition coefficient (Wildman–Crippen LogP) is 0.230. The Bertz CT molecular complexity index is 153. The Balaban J connectivity index is 3.77. The van der Waals surface area contributed by atoms with Crippen molar-refractivity contribution in [1.82, 2.24) is 15.1 Å². The van der Waals surface area contributed by atoms with Crippen LogP contribution in [0.5, 0.6) is 0 Å². The minimum absolute atomic E-state index is 0.267. The Morgan fingerprint density at radius 2 is 1.88 bits per heavy atom. The van der Waals surface area contributed by atoms with Crippen LogP contribution in [0.2, 0.25) is 0 Å². The van der Waals surface area contributed by atoms with Gasteiger partial charge in [0, 0.05) is 32.3 Å². The molecule has 4 nitrogen and oxygen atoms in total. The Hall–Kier alpha value is -0.160. The molecule has 1 atom stereocenters. The molecule has 0 heterocycles. The Labute approximate surface area is 101 Å². The summed E-state index contributed by atoms with van der Waals surface area (Å²) in [5, 5.41) is 12.5. The van der Waals surface area contributed by atoms with Gasteiger partial charge in [-0.2, -0.15) is 0 Å². The molecule has 0 rings (SSSR count). The molecule has 0 aromatic carbocycles. The quantitative estimate of drug-likeness (QED) is 0.564. The van der Waals surface area contributed by atoms with Gasteiger partial charge < -0.3 is 20.2 Å². The van der Waals surface area contributed by atoms with Crippen molar-refractivity contribution >= 4 is 0 Å². The van der Waals surface area contributed by atoms with Crippen molar-refractivity contribution in [3.63, 3.8) is 0 Å². The van der Waals surface area contributed by atoms with Crippen molar-refractivity contribution < 1.29 is 5.11 Å². The van der Waals surface area contributed by atoms with Crippen LogP contribution >= 0.6 is 0 Å². The van der Waals surface area contributed by atoms with E-state index in [2.05, 4.69) is 43.2 Å². The SMILES string of the molecule is CCCNC(CCO)CN(C)CCN(C)C. The Morgan fingerprint density at radius 3 is 2.38 bits per heavy atom. The average Bonchev–Trinajstić information content (AvgIpc) is 2.23. The van der Waals surface area contributed by atoms with E-state index in [0.29, 0.717) is 6.04 Å². The Morgan fingerprint density at radius 1 is 1.19 bits per heavy atom. The van der Waals surface area contributed by atoms with Gasteiger partial charge in [-0.15, -0.1) is 0 Å². The first-order valence-electron chi connectivity index (χ1n) is 6.27. The largest absolute Gasteiger partial charge is 0.396 e. The van der Waals surface area contributed by atoms with E-state index in [0.717, 1.165) is 39.0 Å². The number of aliphatic hydroxyl groups is 1. The van der Waals surface area contributed by atoms with Crippen LogP contribution in [0.25, 0.3) is 0 Å². The minimum atomic E-state index is 0.267. The molecular weight excluding hydrogens is 202 g/mol. The van der Waals surface area contributed by atoms with Crippen LogP contribution in [0.3, 0.4) is 0 Å². The van der Waals surface area contributed by atoms with Crippen LogP contribution in [0, 0.1) is 0 Å². The summed E-state index contributed by atoms with van der Waals surface area (Å²) in [6.45, 7) is 6.63. The van der Waals surface area contributed by atoms with Gasteiger partial charge in [-0.05, 0) is 40.5 Å². The number of hydrogen-bond acceptors (Lipinski definition) is 4. The molecular formula is C12H29N3O. The zero-order valence-corrected chi connectivity index (χ0v) is 11.4. The van der Waals surface area contributed by atoms with Crippen LogP contribution < -0.4 is 5.32 Å². The zero-order chi connectivity index (χ0) is 12.4. The van der Waals surface area contributed by atoms with E-state index in [1.54, 1.807) is 0 Å². The molecule has 4 heteroatoms. The lowest BCUT2D eigenvalue weighted by Gasteiger charge is -2.25. The number of nitrogens with zero attached hydrogens (tertiary/aromatic N) is 2. The topological polar surface area (TPSA) is 38.7 Å². The van der Waals surface area contributed by atoms with Crippen LogP contribution in [-0.2, 0) is 0 Å². The molecule has 2 N–H and O–H groups in total. The van der Waals surface area contributed by atoms with Crippen molar-refractivity contribution in [1.29, 1.82) is 0 Å². The third-order valence-electron chi connectivity index (χ3n) is 2.62. The summed E-state index contributed by atoms with van der Waals surface area (Å²) >= 11 is 0. The van der Waals surface area contributed by atoms with E-state index in [1.165, 1.54) is 0 Å². The molecule has 0 spiro atoms. The number of rotatable bonds is 10. The van der Waals surface area contributed by atoms with Crippen molar-refractivity contribution in [3.05, 3.63) is 0 Å². The molecule has 1 unspecified atom stereocenters. The van der Waals surface area contributed by atoms with Gasteiger partial charge in [-0.25, -0.2) is 0 Å². The maximum Gasteiger partial charge on any atom is 0.0446 e. The van der Waals surface area contributed by atoms with Gasteiger partial charge in [0.1, 0.15) is 0 Å². The summed E-state index contributed by atoms with van der Waals surface area (Å²) in [6, 6.07) is 0.414. The van der Waals surface area contributed by atoms with E-state index in [9.17, 15) is 0 Å². The maximum atomic E-state index is 9.00. The monoisotopic (exact) mass is 231 g/mol. The molecule has 0 aromatic rings. The highest BCUT2D eigenvalue weighted by Crippen LogP contribution is 1.95. The first kappa shape index (κ1) is 15.8. The van der Waals surface area contributed by atoms with Gasteiger partial charge in [-0.3, -0.25) is 0 Å². The molecule has 0 aromatic heterocycles. The second kappa shape index (κ2) is 10.0. The summed E-state index contributed by atoms with van der Waals surface area (Å²) in [5.41, 5.74) is 0. The van der Waals surface area contributed by atoms with E-state index in [4.69, 9.17) is 5.11 Å². The highest BCUT2D eigenvalue weighted by atomic mass is 16.3. The zero-order valence-electron chi connectivity index (χ0n) is 11.4. The molecule has 0 amide bonds. The predicted molar refractivity (Wildman–Crippen MR) is 69.8 cm³/mol. The molecule has 0 aliphatic rings. The number of hydrogen-bond donors (Lipinski definition) is 2. The number of likely N-dealkylation sites (N-methyl/N-ethyl adjacent to an activating group) is 2. The van der Waals surface area contributed by atoms with Crippen molar-refractivity contribution in [3.8, 4) is 0 Å². The van der Waals surface area contributed by atoms with Crippen molar-refractivity contribution in [2.45, 2.75) is 25.8 Å². The lowest BCUT2D eigenvalue weighted by atomic mass is 10.2. The van der Waals surface area contributed by atoms with Crippen molar-refractivity contribution in [2.24, 2.45) is 0 Å². The summed E-state index contributed by atoms with van der Waals surface area (Å²) in [6.07, 6.45) is 1.98. The van der Waals surface area contributed by atoms with Crippen molar-refractivity contribution in [2.75, 3.05) is 53.9 Å². The van der Waals surface area contributed by atoms with Gasteiger partial charge in [-0.1, -0.05) is 6.92 Å². The maximum absolute atomic E-state index is 9.00. The first-order chi connectivity index (χ1) is 7.60. The highest BCUT2D eigenvalue weighted by Gasteiger charge is 2.10. The lowest BCUT2D eigenvalue weighted by Crippen LogP contribution is -2.42. The third kappa shape index (κ3) is 9.09. The molecule has 0 fully saturated rings. The third-order valence-corrected chi connectivity index (χ3v) is 2.62. The van der Waals surface area contributed by atoms with E-state index in [1.807, 2.05) is 0 Å². The van der Waals surface area contributed by atoms with Gasteiger partial charge in [0.05, 0.1) is 0 Å². The standard InChI is InChI=1S/C12H29N3O/c1-5-7-13-12(6-10-16)11-15(4)9-8-14(2)3/h12-13,16H,5-11H2,1-4H3. The van der Waals surface area contributed by atoms with Gasteiger partial charge in [0.25, 0.3) is 0 Å². The summed E-state index contributed by atoms with van der Waals surface area (Å²) in [7, 11) is 6.32. The van der Waals surface area contributed by atoms with Gasteiger partial charge >= 0.3 is 0 Å². The molecule has 0 radical (unpaired) electrons. The molecule has 0 bridgehead atoms. The molecule has 16 heavy (non-hydrogen) atoms. The van der Waals surface area contributed by atoms with Crippen LogP contribution in [0.4, 0.5) is 0 Å². The number of aliphatic hydroxyl groups excluding tert-OH is 1. The number of nitrogens with one attached hydrogen (secondary N) is 1. The molecule has 0 saturated heterocycles. The van der Waals surface area contributed by atoms with Crippen LogP contribution in [-0.4, -0.2) is 74.9 Å². The summed E-state index contributed by atoms with van der Waals surface area (Å²) < 4.78 is 0. The minimum Gasteiger partial charge on any atom is -0.396 e. The summed E-state index contributed by atoms with van der Waals surface area (Å²) in [4.78, 5) is 4.51. The second-order valence-electron chi connectivity index (χ2n) is 4.73. The summed E-state index contributed by atoms with van der Waals surface area (Å²) in [5.74, 6) is 0. The fourth-order valence-electron chi connectivity index (χ4n) is 1.60. The lowest BCUT2D eigenvalue weighted by molar-refractivity contribution is 0.218. The molecule has 0 saturated carbocycles. The molecule has 0 aliphatic heterocycles. The van der Waals surface area contributed by atoms with Crippen LogP contribution in [0.1, 0.15) is 19.8 Å². The fourth-order valence-corrected chi connectivity index (χ4v) is 1.60. The second-order valence-corrected chi connectivity index (χ2v) is 4.73. The molecule has 98 valence electrons. The van der Waals surface area contributed by atoms with E-state index in [-0.39, 0.29) is 6.61 Å². The van der Waals surface area contributed by atoms with Gasteiger partial charge in [0.2, 0.25) is 0 Å². The smallest absolute Gasteiger partial charge is 0.0446 e.